The summed E-state index contributed by atoms with van der Waals surface area (Å²) in [6, 6.07) is 0.755. The summed E-state index contributed by atoms with van der Waals surface area (Å²) in [4.78, 5) is -1.15. The van der Waals surface area contributed by atoms with Crippen LogP contribution in [0.2, 0.25) is 0 Å². The topological polar surface area (TPSA) is 74.6 Å². The van der Waals surface area contributed by atoms with Gasteiger partial charge in [-0.05, 0) is 18.9 Å². The van der Waals surface area contributed by atoms with Crippen molar-refractivity contribution in [2.24, 2.45) is 0 Å². The van der Waals surface area contributed by atoms with E-state index in [1.807, 2.05) is 0 Å². The van der Waals surface area contributed by atoms with Gasteiger partial charge >= 0.3 is 0 Å². The highest BCUT2D eigenvalue weighted by Crippen LogP contribution is 2.41. The van der Waals surface area contributed by atoms with Gasteiger partial charge in [0.05, 0.1) is 5.60 Å². The third kappa shape index (κ3) is 2.32. The molecule has 2 rings (SSSR count). The molecule has 18 heavy (non-hydrogen) atoms. The van der Waals surface area contributed by atoms with Crippen molar-refractivity contribution < 1.29 is 27.4 Å². The Morgan fingerprint density at radius 1 is 1.39 bits per heavy atom. The van der Waals surface area contributed by atoms with Crippen molar-refractivity contribution in [3.63, 3.8) is 0 Å². The minimum Gasteiger partial charge on any atom is -0.505 e. The second-order valence-corrected chi connectivity index (χ2v) is 6.64. The maximum Gasteiger partial charge on any atom is 0.186 e. The van der Waals surface area contributed by atoms with Crippen LogP contribution in [-0.4, -0.2) is 30.5 Å². The number of benzene rings is 1. The normalized spacial score (nSPS) is 17.8. The monoisotopic (exact) mass is 278 g/mol. The average Bonchev–Trinajstić information content (AvgIpc) is 2.90. The molecule has 1 aromatic carbocycles. The van der Waals surface area contributed by atoms with Crippen LogP contribution in [0.15, 0.2) is 11.0 Å². The van der Waals surface area contributed by atoms with Gasteiger partial charge in [-0.2, -0.15) is 0 Å². The summed E-state index contributed by atoms with van der Waals surface area (Å²) in [6.45, 7) is 0. The summed E-state index contributed by atoms with van der Waals surface area (Å²) in [5.41, 5.74) is -1.17. The van der Waals surface area contributed by atoms with Crippen molar-refractivity contribution in [3.8, 4) is 5.75 Å². The van der Waals surface area contributed by atoms with Crippen LogP contribution in [0.4, 0.5) is 8.78 Å². The van der Waals surface area contributed by atoms with Crippen LogP contribution in [0, 0.1) is 11.6 Å². The molecule has 0 unspecified atom stereocenters. The molecule has 0 aromatic heterocycles. The molecule has 1 aliphatic rings. The van der Waals surface area contributed by atoms with E-state index in [1.165, 1.54) is 0 Å². The fourth-order valence-corrected chi connectivity index (χ4v) is 2.63. The molecule has 0 spiro atoms. The van der Waals surface area contributed by atoms with Gasteiger partial charge in [-0.25, -0.2) is 17.2 Å². The molecule has 0 aliphatic heterocycles. The van der Waals surface area contributed by atoms with Gasteiger partial charge in [-0.15, -0.1) is 0 Å². The number of sulfone groups is 1. The van der Waals surface area contributed by atoms with Gasteiger partial charge in [0.2, 0.25) is 0 Å². The van der Waals surface area contributed by atoms with Gasteiger partial charge in [-0.3, -0.25) is 0 Å². The van der Waals surface area contributed by atoms with E-state index in [0.29, 0.717) is 19.1 Å². The lowest BCUT2D eigenvalue weighted by Gasteiger charge is -2.12. The molecule has 0 amide bonds. The predicted octanol–water partition coefficient (Wildman–Crippen LogP) is 1.14. The van der Waals surface area contributed by atoms with E-state index in [-0.39, 0.29) is 12.0 Å². The average molecular weight is 278 g/mol. The van der Waals surface area contributed by atoms with Crippen molar-refractivity contribution in [2.45, 2.75) is 29.8 Å². The van der Waals surface area contributed by atoms with E-state index in [2.05, 4.69) is 0 Å². The molecule has 1 saturated carbocycles. The molecule has 0 radical (unpaired) electrons. The smallest absolute Gasteiger partial charge is 0.186 e. The van der Waals surface area contributed by atoms with Crippen LogP contribution in [0.3, 0.4) is 0 Å². The first-order valence-corrected chi connectivity index (χ1v) is 7.15. The Hall–Kier alpha value is -1.21. The second kappa shape index (κ2) is 3.89. The van der Waals surface area contributed by atoms with Crippen LogP contribution >= 0.6 is 0 Å². The number of hydrogen-bond donors (Lipinski definition) is 2. The fraction of sp³-hybridized carbons (Fsp3) is 0.455. The molecule has 0 bridgehead atoms. The zero-order valence-corrected chi connectivity index (χ0v) is 10.4. The summed E-state index contributed by atoms with van der Waals surface area (Å²) >= 11 is 0. The van der Waals surface area contributed by atoms with E-state index < -0.39 is 37.7 Å². The first-order valence-electron chi connectivity index (χ1n) is 5.26. The number of phenols is 1. The zero-order chi connectivity index (χ0) is 13.7. The minimum absolute atomic E-state index is 0.100. The number of phenolic OH excluding ortho intramolecular Hbond substituents is 1. The summed E-state index contributed by atoms with van der Waals surface area (Å²) < 4.78 is 49.6. The molecule has 1 fully saturated rings. The van der Waals surface area contributed by atoms with E-state index in [9.17, 15) is 27.4 Å². The Morgan fingerprint density at radius 3 is 2.39 bits per heavy atom. The SMILES string of the molecule is CS(=O)(=O)c1c(F)cc(CC2(O)CC2)c(O)c1F. The molecule has 2 N–H and O–H groups in total. The van der Waals surface area contributed by atoms with Crippen molar-refractivity contribution in [3.05, 3.63) is 23.3 Å². The minimum atomic E-state index is -4.10. The van der Waals surface area contributed by atoms with Crippen LogP contribution in [0.1, 0.15) is 18.4 Å². The molecular weight excluding hydrogens is 266 g/mol. The van der Waals surface area contributed by atoms with Gasteiger partial charge in [-0.1, -0.05) is 0 Å². The number of halogens is 2. The van der Waals surface area contributed by atoms with Gasteiger partial charge < -0.3 is 10.2 Å². The maximum absolute atomic E-state index is 13.7. The van der Waals surface area contributed by atoms with Crippen molar-refractivity contribution in [1.82, 2.24) is 0 Å². The number of aromatic hydroxyl groups is 1. The van der Waals surface area contributed by atoms with E-state index in [0.717, 1.165) is 6.07 Å². The van der Waals surface area contributed by atoms with Crippen LogP contribution in [0.25, 0.3) is 0 Å². The second-order valence-electron chi connectivity index (χ2n) is 4.68. The number of hydrogen-bond acceptors (Lipinski definition) is 4. The Labute approximate surface area is 103 Å². The lowest BCUT2D eigenvalue weighted by Crippen LogP contribution is -2.13. The van der Waals surface area contributed by atoms with Gasteiger partial charge in [0, 0.05) is 18.2 Å². The van der Waals surface area contributed by atoms with E-state index in [4.69, 9.17) is 0 Å². The first kappa shape index (κ1) is 13.2. The third-order valence-corrected chi connectivity index (χ3v) is 4.06. The largest absolute Gasteiger partial charge is 0.505 e. The number of rotatable bonds is 3. The van der Waals surface area contributed by atoms with Crippen LogP contribution in [0.5, 0.6) is 5.75 Å². The van der Waals surface area contributed by atoms with E-state index >= 15 is 0 Å². The lowest BCUT2D eigenvalue weighted by molar-refractivity contribution is 0.149. The summed E-state index contributed by atoms with van der Waals surface area (Å²) in [7, 11) is -4.10. The summed E-state index contributed by atoms with van der Waals surface area (Å²) in [5.74, 6) is -3.68. The Balaban J connectivity index is 2.54. The molecule has 100 valence electrons. The molecule has 0 atom stereocenters. The molecule has 0 saturated heterocycles. The lowest BCUT2D eigenvalue weighted by atomic mass is 10.0. The number of aliphatic hydroxyl groups is 1. The maximum atomic E-state index is 13.7. The van der Waals surface area contributed by atoms with Crippen molar-refractivity contribution in [2.75, 3.05) is 6.26 Å². The third-order valence-electron chi connectivity index (χ3n) is 2.95. The fourth-order valence-electron chi connectivity index (χ4n) is 1.79. The predicted molar refractivity (Wildman–Crippen MR) is 59.0 cm³/mol. The first-order chi connectivity index (χ1) is 8.14. The highest BCUT2D eigenvalue weighted by atomic mass is 32.2. The molecule has 7 heteroatoms. The highest BCUT2D eigenvalue weighted by molar-refractivity contribution is 7.90. The molecule has 1 aromatic rings. The molecular formula is C11H12F2O4S. The summed E-state index contributed by atoms with van der Waals surface area (Å²) in [5, 5.41) is 19.2. The van der Waals surface area contributed by atoms with Gasteiger partial charge in [0.15, 0.2) is 21.4 Å². The Kier molecular flexibility index (Phi) is 2.86. The van der Waals surface area contributed by atoms with E-state index in [1.54, 1.807) is 0 Å². The van der Waals surface area contributed by atoms with Gasteiger partial charge in [0.25, 0.3) is 0 Å². The Morgan fingerprint density at radius 2 is 1.94 bits per heavy atom. The van der Waals surface area contributed by atoms with Crippen molar-refractivity contribution >= 4 is 9.84 Å². The Bertz CT molecular complexity index is 606. The molecule has 4 nitrogen and oxygen atoms in total. The molecule has 0 heterocycles. The zero-order valence-electron chi connectivity index (χ0n) is 9.57. The van der Waals surface area contributed by atoms with Crippen molar-refractivity contribution in [1.29, 1.82) is 0 Å². The highest BCUT2D eigenvalue weighted by Gasteiger charge is 2.41. The standard InChI is InChI=1S/C11H12F2O4S/c1-18(16,17)10-7(12)4-6(9(14)8(10)13)5-11(15)2-3-11/h4,14-15H,2-3,5H2,1H3. The van der Waals surface area contributed by atoms with Gasteiger partial charge in [0.1, 0.15) is 10.7 Å². The van der Waals surface area contributed by atoms with Crippen LogP contribution < -0.4 is 0 Å². The summed E-state index contributed by atoms with van der Waals surface area (Å²) in [6.07, 6.45) is 1.53. The van der Waals surface area contributed by atoms with Crippen LogP contribution in [-0.2, 0) is 16.3 Å². The molecule has 1 aliphatic carbocycles. The quantitative estimate of drug-likeness (QED) is 0.869.